The minimum absolute atomic E-state index is 0.0486. The maximum atomic E-state index is 12.3. The number of benzene rings is 1. The number of hydrogen-bond acceptors (Lipinski definition) is 4. The fourth-order valence-corrected chi connectivity index (χ4v) is 3.53. The number of nitrogens with one attached hydrogen (secondary N) is 1. The van der Waals surface area contributed by atoms with Crippen molar-refractivity contribution in [2.75, 3.05) is 6.54 Å². The molecule has 124 valence electrons. The third-order valence-corrected chi connectivity index (χ3v) is 5.21. The predicted molar refractivity (Wildman–Crippen MR) is 95.8 cm³/mol. The number of fused-ring (bicyclic) bond motifs is 1. The molecule has 0 aliphatic rings. The molecule has 6 heteroatoms. The number of carbonyl (C=O) groups is 2. The van der Waals surface area contributed by atoms with Crippen LogP contribution in [-0.2, 0) is 7.05 Å². The van der Waals surface area contributed by atoms with Crippen LogP contribution in [0.3, 0.4) is 0 Å². The van der Waals surface area contributed by atoms with Gasteiger partial charge in [0.1, 0.15) is 5.69 Å². The number of nitrogens with zero attached hydrogens (tertiary/aromatic N) is 2. The smallest absolute Gasteiger partial charge is 0.267 e. The monoisotopic (exact) mass is 341 g/mol. The molecule has 2 heterocycles. The topological polar surface area (TPSA) is 64.0 Å². The number of amides is 1. The Bertz CT molecular complexity index is 877. The summed E-state index contributed by atoms with van der Waals surface area (Å²) in [5.41, 5.74) is 2.02. The second-order valence-corrected chi connectivity index (χ2v) is 6.97. The lowest BCUT2D eigenvalue weighted by molar-refractivity contribution is 0.0943. The Morgan fingerprint density at radius 2 is 2.08 bits per heavy atom. The molecular weight excluding hydrogens is 322 g/mol. The molecular formula is C18H19N3O2S. The number of Topliss-reactive ketones (excluding diaryl/α,β-unsaturated/α-hetero) is 1. The highest BCUT2D eigenvalue weighted by Crippen LogP contribution is 2.26. The molecule has 1 N–H and O–H groups in total. The number of carbonyl (C=O) groups excluding carboxylic acids is 2. The molecule has 0 aliphatic carbocycles. The summed E-state index contributed by atoms with van der Waals surface area (Å²) in [6.07, 6.45) is 1.67. The van der Waals surface area contributed by atoms with Crippen molar-refractivity contribution in [3.05, 3.63) is 52.8 Å². The van der Waals surface area contributed by atoms with Crippen LogP contribution in [-0.4, -0.2) is 27.8 Å². The van der Waals surface area contributed by atoms with Gasteiger partial charge in [0.15, 0.2) is 5.78 Å². The van der Waals surface area contributed by atoms with Gasteiger partial charge < -0.3 is 9.88 Å². The molecule has 0 bridgehead atoms. The fraction of sp³-hybridized carbons (Fsp3) is 0.278. The zero-order valence-corrected chi connectivity index (χ0v) is 14.7. The summed E-state index contributed by atoms with van der Waals surface area (Å²) >= 11 is 1.65. The maximum Gasteiger partial charge on any atom is 0.267 e. The van der Waals surface area contributed by atoms with E-state index in [4.69, 9.17) is 0 Å². The predicted octanol–water partition coefficient (Wildman–Crippen LogP) is 3.37. The van der Waals surface area contributed by atoms with Crippen molar-refractivity contribution in [2.45, 2.75) is 19.8 Å². The molecule has 0 spiro atoms. The van der Waals surface area contributed by atoms with Crippen LogP contribution in [0.25, 0.3) is 10.2 Å². The van der Waals surface area contributed by atoms with Crippen molar-refractivity contribution in [1.82, 2.24) is 14.9 Å². The summed E-state index contributed by atoms with van der Waals surface area (Å²) in [6.45, 7) is 4.04. The van der Waals surface area contributed by atoms with Crippen LogP contribution in [0.4, 0.5) is 0 Å². The van der Waals surface area contributed by atoms with Gasteiger partial charge in [-0.25, -0.2) is 4.98 Å². The normalized spacial score (nSPS) is 12.3. The Morgan fingerprint density at radius 3 is 2.75 bits per heavy atom. The molecule has 0 radical (unpaired) electrons. The fourth-order valence-electron chi connectivity index (χ4n) is 2.51. The molecule has 0 saturated heterocycles. The van der Waals surface area contributed by atoms with Crippen molar-refractivity contribution in [3.8, 4) is 0 Å². The van der Waals surface area contributed by atoms with Crippen LogP contribution in [0, 0.1) is 0 Å². The molecule has 3 aromatic rings. The van der Waals surface area contributed by atoms with E-state index in [1.165, 1.54) is 6.92 Å². The molecule has 0 fully saturated rings. The van der Waals surface area contributed by atoms with Gasteiger partial charge in [0.2, 0.25) is 0 Å². The zero-order chi connectivity index (χ0) is 17.3. The number of ketones is 1. The number of aryl methyl sites for hydroxylation is 1. The van der Waals surface area contributed by atoms with E-state index in [9.17, 15) is 9.59 Å². The van der Waals surface area contributed by atoms with Crippen LogP contribution in [0.1, 0.15) is 45.6 Å². The Morgan fingerprint density at radius 1 is 1.33 bits per heavy atom. The second-order valence-electron chi connectivity index (χ2n) is 5.91. The summed E-state index contributed by atoms with van der Waals surface area (Å²) in [4.78, 5) is 28.4. The number of rotatable bonds is 5. The van der Waals surface area contributed by atoms with E-state index in [0.29, 0.717) is 17.8 Å². The molecule has 0 saturated carbocycles. The van der Waals surface area contributed by atoms with Crippen LogP contribution >= 0.6 is 11.3 Å². The maximum absolute atomic E-state index is 12.3. The molecule has 1 aromatic carbocycles. The molecule has 1 amide bonds. The number of para-hydroxylation sites is 1. The van der Waals surface area contributed by atoms with E-state index in [2.05, 4.69) is 16.4 Å². The molecule has 24 heavy (non-hydrogen) atoms. The van der Waals surface area contributed by atoms with Crippen LogP contribution in [0.15, 0.2) is 36.5 Å². The van der Waals surface area contributed by atoms with E-state index < -0.39 is 0 Å². The van der Waals surface area contributed by atoms with Gasteiger partial charge in [0, 0.05) is 31.3 Å². The van der Waals surface area contributed by atoms with Crippen LogP contribution in [0.2, 0.25) is 0 Å². The summed E-state index contributed by atoms with van der Waals surface area (Å²) < 4.78 is 2.83. The summed E-state index contributed by atoms with van der Waals surface area (Å²) in [6, 6.07) is 9.64. The second kappa shape index (κ2) is 6.57. The van der Waals surface area contributed by atoms with Gasteiger partial charge >= 0.3 is 0 Å². The van der Waals surface area contributed by atoms with E-state index in [1.54, 1.807) is 35.2 Å². The third-order valence-electron chi connectivity index (χ3n) is 3.94. The highest BCUT2D eigenvalue weighted by molar-refractivity contribution is 7.18. The first kappa shape index (κ1) is 16.4. The van der Waals surface area contributed by atoms with E-state index in [0.717, 1.165) is 15.2 Å². The Hall–Kier alpha value is -2.47. The van der Waals surface area contributed by atoms with Gasteiger partial charge in [0.05, 0.1) is 15.2 Å². The quantitative estimate of drug-likeness (QED) is 0.724. The van der Waals surface area contributed by atoms with Gasteiger partial charge in [-0.15, -0.1) is 11.3 Å². The van der Waals surface area contributed by atoms with Crippen molar-refractivity contribution in [1.29, 1.82) is 0 Å². The highest BCUT2D eigenvalue weighted by Gasteiger charge is 2.16. The molecule has 2 aromatic heterocycles. The SMILES string of the molecule is CC(=O)c1cc(C(=O)NCC(C)c2nc3ccccc3s2)n(C)c1. The lowest BCUT2D eigenvalue weighted by Crippen LogP contribution is -2.28. The standard InChI is InChI=1S/C18H19N3O2S/c1-11(18-20-14-6-4-5-7-16(14)24-18)9-19-17(23)15-8-13(12(2)22)10-21(15)3/h4-8,10-11H,9H2,1-3H3,(H,19,23). The molecule has 3 rings (SSSR count). The summed E-state index contributed by atoms with van der Waals surface area (Å²) in [7, 11) is 1.76. The average molecular weight is 341 g/mol. The van der Waals surface area contributed by atoms with Crippen molar-refractivity contribution >= 4 is 33.2 Å². The van der Waals surface area contributed by atoms with E-state index in [1.807, 2.05) is 25.1 Å². The lowest BCUT2D eigenvalue weighted by Gasteiger charge is -2.10. The number of aromatic nitrogens is 2. The first-order valence-electron chi connectivity index (χ1n) is 7.76. The average Bonchev–Trinajstić information content (AvgIpc) is 3.15. The van der Waals surface area contributed by atoms with E-state index in [-0.39, 0.29) is 17.6 Å². The summed E-state index contributed by atoms with van der Waals surface area (Å²) in [5.74, 6) is -0.107. The van der Waals surface area contributed by atoms with Crippen LogP contribution in [0.5, 0.6) is 0 Å². The van der Waals surface area contributed by atoms with Gasteiger partial charge in [-0.2, -0.15) is 0 Å². The van der Waals surface area contributed by atoms with Gasteiger partial charge in [0.25, 0.3) is 5.91 Å². The van der Waals surface area contributed by atoms with Crippen LogP contribution < -0.4 is 5.32 Å². The Kier molecular flexibility index (Phi) is 4.49. The zero-order valence-electron chi connectivity index (χ0n) is 13.9. The Labute approximate surface area is 144 Å². The number of hydrogen-bond donors (Lipinski definition) is 1. The minimum Gasteiger partial charge on any atom is -0.350 e. The highest BCUT2D eigenvalue weighted by atomic mass is 32.1. The molecule has 1 unspecified atom stereocenters. The van der Waals surface area contributed by atoms with E-state index >= 15 is 0 Å². The molecule has 1 atom stereocenters. The first-order chi connectivity index (χ1) is 11.5. The first-order valence-corrected chi connectivity index (χ1v) is 8.58. The van der Waals surface area contributed by atoms with Crippen molar-refractivity contribution in [3.63, 3.8) is 0 Å². The lowest BCUT2D eigenvalue weighted by atomic mass is 10.2. The van der Waals surface area contributed by atoms with Gasteiger partial charge in [-0.3, -0.25) is 9.59 Å². The van der Waals surface area contributed by atoms with Crippen molar-refractivity contribution in [2.24, 2.45) is 7.05 Å². The van der Waals surface area contributed by atoms with Gasteiger partial charge in [-0.1, -0.05) is 19.1 Å². The molecule has 0 aliphatic heterocycles. The Balaban J connectivity index is 1.68. The van der Waals surface area contributed by atoms with Crippen molar-refractivity contribution < 1.29 is 9.59 Å². The summed E-state index contributed by atoms with van der Waals surface area (Å²) in [5, 5.41) is 3.94. The van der Waals surface area contributed by atoms with Gasteiger partial charge in [-0.05, 0) is 25.1 Å². The number of thiazole rings is 1. The molecule has 5 nitrogen and oxygen atoms in total. The minimum atomic E-state index is -0.182. The third kappa shape index (κ3) is 3.23. The largest absolute Gasteiger partial charge is 0.350 e.